The fraction of sp³-hybridized carbons (Fsp3) is 0.444. The number of aliphatic imine (C=N–C) groups is 1. The van der Waals surface area contributed by atoms with Crippen LogP contribution in [0.2, 0.25) is 0 Å². The van der Waals surface area contributed by atoms with Crippen molar-refractivity contribution < 1.29 is 4.74 Å². The van der Waals surface area contributed by atoms with Gasteiger partial charge in [-0.3, -0.25) is 0 Å². The molecule has 68 valence electrons. The van der Waals surface area contributed by atoms with Crippen molar-refractivity contribution >= 4 is 19.3 Å². The highest BCUT2D eigenvalue weighted by Crippen LogP contribution is 2.05. The van der Waals surface area contributed by atoms with Crippen LogP contribution < -0.4 is 0 Å². The topological polar surface area (TPSA) is 21.6 Å². The van der Waals surface area contributed by atoms with Crippen molar-refractivity contribution in [2.24, 2.45) is 4.99 Å². The zero-order valence-electron chi connectivity index (χ0n) is 7.74. The standard InChI is InChI=1S/C9H15NOS/c1-7(2)11-9(10-4)6-5-8(3)12/h5-7,12H,4H2,1-3H3/b8-5+,9-6+. The van der Waals surface area contributed by atoms with Gasteiger partial charge >= 0.3 is 0 Å². The van der Waals surface area contributed by atoms with Gasteiger partial charge < -0.3 is 4.74 Å². The maximum Gasteiger partial charge on any atom is 0.212 e. The first-order valence-corrected chi connectivity index (χ1v) is 4.22. The number of allylic oxidation sites excluding steroid dienone is 3. The predicted molar refractivity (Wildman–Crippen MR) is 56.6 cm³/mol. The van der Waals surface area contributed by atoms with Gasteiger partial charge in [0.25, 0.3) is 0 Å². The van der Waals surface area contributed by atoms with Crippen LogP contribution in [0, 0.1) is 0 Å². The van der Waals surface area contributed by atoms with Crippen molar-refractivity contribution in [1.29, 1.82) is 0 Å². The Bertz CT molecular complexity index is 203. The summed E-state index contributed by atoms with van der Waals surface area (Å²) in [6, 6.07) is 0. The molecule has 0 aliphatic rings. The van der Waals surface area contributed by atoms with Gasteiger partial charge in [-0.25, -0.2) is 4.99 Å². The van der Waals surface area contributed by atoms with E-state index >= 15 is 0 Å². The highest BCUT2D eigenvalue weighted by Gasteiger charge is 1.95. The summed E-state index contributed by atoms with van der Waals surface area (Å²) in [5, 5.41) is 0. The van der Waals surface area contributed by atoms with E-state index in [2.05, 4.69) is 24.3 Å². The minimum absolute atomic E-state index is 0.121. The average molecular weight is 185 g/mol. The molecule has 0 aromatic heterocycles. The zero-order chi connectivity index (χ0) is 9.56. The Morgan fingerprint density at radius 3 is 2.42 bits per heavy atom. The molecule has 0 rings (SSSR count). The molecular weight excluding hydrogens is 170 g/mol. The van der Waals surface area contributed by atoms with Crippen LogP contribution >= 0.6 is 12.6 Å². The van der Waals surface area contributed by atoms with Crippen LogP contribution in [-0.4, -0.2) is 12.8 Å². The summed E-state index contributed by atoms with van der Waals surface area (Å²) in [7, 11) is 0. The van der Waals surface area contributed by atoms with Gasteiger partial charge in [0.15, 0.2) is 0 Å². The van der Waals surface area contributed by atoms with Gasteiger partial charge in [-0.2, -0.15) is 0 Å². The van der Waals surface area contributed by atoms with Crippen LogP contribution in [0.25, 0.3) is 0 Å². The summed E-state index contributed by atoms with van der Waals surface area (Å²) in [6.07, 6.45) is 3.68. The molecule has 3 heteroatoms. The largest absolute Gasteiger partial charge is 0.475 e. The lowest BCUT2D eigenvalue weighted by atomic mass is 10.4. The molecule has 0 aliphatic heterocycles. The number of thiol groups is 1. The number of ether oxygens (including phenoxy) is 1. The van der Waals surface area contributed by atoms with Crippen molar-refractivity contribution in [3.63, 3.8) is 0 Å². The summed E-state index contributed by atoms with van der Waals surface area (Å²) in [5.74, 6) is 0.526. The molecule has 0 saturated heterocycles. The van der Waals surface area contributed by atoms with Gasteiger partial charge in [-0.1, -0.05) is 0 Å². The SMILES string of the molecule is C=N/C(=C\C=C(/C)S)OC(C)C. The second-order valence-corrected chi connectivity index (χ2v) is 3.34. The molecule has 0 saturated carbocycles. The first-order chi connectivity index (χ1) is 5.56. The molecule has 0 aromatic rings. The van der Waals surface area contributed by atoms with Crippen molar-refractivity contribution in [1.82, 2.24) is 0 Å². The molecule has 0 radical (unpaired) electrons. The van der Waals surface area contributed by atoms with Crippen molar-refractivity contribution in [3.8, 4) is 0 Å². The molecular formula is C9H15NOS. The lowest BCUT2D eigenvalue weighted by molar-refractivity contribution is 0.146. The fourth-order valence-corrected chi connectivity index (χ4v) is 0.637. The first-order valence-electron chi connectivity index (χ1n) is 3.77. The predicted octanol–water partition coefficient (Wildman–Crippen LogP) is 2.79. The molecule has 2 nitrogen and oxygen atoms in total. The summed E-state index contributed by atoms with van der Waals surface area (Å²) < 4.78 is 5.30. The van der Waals surface area contributed by atoms with E-state index in [0.29, 0.717) is 5.88 Å². The molecule has 0 unspecified atom stereocenters. The van der Waals surface area contributed by atoms with Crippen LogP contribution in [0.1, 0.15) is 20.8 Å². The van der Waals surface area contributed by atoms with Crippen LogP contribution in [0.3, 0.4) is 0 Å². The highest BCUT2D eigenvalue weighted by atomic mass is 32.1. The lowest BCUT2D eigenvalue weighted by Crippen LogP contribution is -2.00. The second kappa shape index (κ2) is 5.89. The van der Waals surface area contributed by atoms with Gasteiger partial charge in [0.2, 0.25) is 5.88 Å². The van der Waals surface area contributed by atoms with Crippen molar-refractivity contribution in [2.75, 3.05) is 0 Å². The Hall–Kier alpha value is -0.700. The van der Waals surface area contributed by atoms with E-state index in [9.17, 15) is 0 Å². The van der Waals surface area contributed by atoms with Gasteiger partial charge in [0.1, 0.15) is 0 Å². The van der Waals surface area contributed by atoms with Crippen LogP contribution in [0.15, 0.2) is 27.9 Å². The van der Waals surface area contributed by atoms with Crippen LogP contribution in [0.4, 0.5) is 0 Å². The van der Waals surface area contributed by atoms with Crippen molar-refractivity contribution in [2.45, 2.75) is 26.9 Å². The van der Waals surface area contributed by atoms with E-state index in [0.717, 1.165) is 4.91 Å². The molecule has 0 aliphatic carbocycles. The van der Waals surface area contributed by atoms with Gasteiger partial charge in [-0.15, -0.1) is 12.6 Å². The van der Waals surface area contributed by atoms with E-state index in [-0.39, 0.29) is 6.10 Å². The Balaban J connectivity index is 4.24. The second-order valence-electron chi connectivity index (χ2n) is 2.64. The van der Waals surface area contributed by atoms with Crippen molar-refractivity contribution in [3.05, 3.63) is 22.9 Å². The third kappa shape index (κ3) is 6.04. The Kier molecular flexibility index (Phi) is 5.54. The van der Waals surface area contributed by atoms with Gasteiger partial charge in [0.05, 0.1) is 6.10 Å². The summed E-state index contributed by atoms with van der Waals surface area (Å²) >= 11 is 4.10. The minimum Gasteiger partial charge on any atom is -0.475 e. The quantitative estimate of drug-likeness (QED) is 0.309. The molecule has 0 atom stereocenters. The minimum atomic E-state index is 0.121. The number of hydrogen-bond acceptors (Lipinski definition) is 3. The highest BCUT2D eigenvalue weighted by molar-refractivity contribution is 7.84. The monoisotopic (exact) mass is 185 g/mol. The number of hydrogen-bond donors (Lipinski definition) is 1. The van der Waals surface area contributed by atoms with Crippen LogP contribution in [-0.2, 0) is 4.74 Å². The maximum absolute atomic E-state index is 5.30. The fourth-order valence-electron chi connectivity index (χ4n) is 0.563. The third-order valence-electron chi connectivity index (χ3n) is 0.979. The zero-order valence-corrected chi connectivity index (χ0v) is 8.64. The molecule has 0 heterocycles. The normalized spacial score (nSPS) is 13.4. The van der Waals surface area contributed by atoms with Crippen LogP contribution in [0.5, 0.6) is 0 Å². The number of rotatable bonds is 4. The molecule has 0 spiro atoms. The average Bonchev–Trinajstić information content (AvgIpc) is 1.97. The smallest absolute Gasteiger partial charge is 0.212 e. The van der Waals surface area contributed by atoms with E-state index < -0.39 is 0 Å². The Labute approximate surface area is 79.4 Å². The van der Waals surface area contributed by atoms with E-state index in [4.69, 9.17) is 4.74 Å². The summed E-state index contributed by atoms with van der Waals surface area (Å²) in [5.41, 5.74) is 0. The molecule has 0 N–H and O–H groups in total. The number of nitrogens with zero attached hydrogens (tertiary/aromatic N) is 1. The maximum atomic E-state index is 5.30. The third-order valence-corrected chi connectivity index (χ3v) is 1.13. The van der Waals surface area contributed by atoms with E-state index in [1.807, 2.05) is 26.8 Å². The Morgan fingerprint density at radius 2 is 2.08 bits per heavy atom. The van der Waals surface area contributed by atoms with Gasteiger partial charge in [-0.05, 0) is 38.5 Å². The molecule has 0 amide bonds. The first kappa shape index (κ1) is 11.3. The Morgan fingerprint density at radius 1 is 1.50 bits per heavy atom. The van der Waals surface area contributed by atoms with E-state index in [1.54, 1.807) is 6.08 Å². The van der Waals surface area contributed by atoms with Gasteiger partial charge in [0, 0.05) is 6.08 Å². The molecule has 0 aromatic carbocycles. The summed E-state index contributed by atoms with van der Waals surface area (Å²) in [6.45, 7) is 9.16. The molecule has 12 heavy (non-hydrogen) atoms. The lowest BCUT2D eigenvalue weighted by Gasteiger charge is -2.07. The summed E-state index contributed by atoms with van der Waals surface area (Å²) in [4.78, 5) is 4.62. The molecule has 0 bridgehead atoms. The molecule has 0 fully saturated rings. The van der Waals surface area contributed by atoms with E-state index in [1.165, 1.54) is 0 Å².